The first kappa shape index (κ1) is 25.1. The van der Waals surface area contributed by atoms with Crippen LogP contribution in [0.5, 0.6) is 5.75 Å². The monoisotopic (exact) mass is 587 g/mol. The first-order valence-electron chi connectivity index (χ1n) is 9.60. The number of aliphatic hydroxyl groups is 1. The van der Waals surface area contributed by atoms with E-state index in [0.29, 0.717) is 0 Å². The highest BCUT2D eigenvalue weighted by atomic mass is 127. The van der Waals surface area contributed by atoms with Crippen molar-refractivity contribution in [1.29, 1.82) is 0 Å². The summed E-state index contributed by atoms with van der Waals surface area (Å²) in [6.45, 7) is 1.52. The van der Waals surface area contributed by atoms with Gasteiger partial charge in [0, 0.05) is 18.2 Å². The lowest BCUT2D eigenvalue weighted by Crippen LogP contribution is -2.42. The summed E-state index contributed by atoms with van der Waals surface area (Å²) in [5.41, 5.74) is 0.0778. The number of alkyl halides is 3. The maximum Gasteiger partial charge on any atom is 0.422 e. The standard InChI is InChI=1S/C19H19F5IN5O3/c1-8(10-3-13(25)15(4-11(10)20)33-7-19(22,23)24)28-17-26-5-12(21)16(29-17)30-14(9(2)31)6-27-18(30)32/h3-5,8-9,14,31H,6-7H2,1-2H3,(H,27,32)(H,26,28,29)/t8-,9+,14+/m0/s1. The number of nitrogens with zero attached hydrogens (tertiary/aromatic N) is 3. The van der Waals surface area contributed by atoms with Gasteiger partial charge in [0.25, 0.3) is 0 Å². The zero-order chi connectivity index (χ0) is 24.5. The minimum absolute atomic E-state index is 0.0778. The number of anilines is 2. The van der Waals surface area contributed by atoms with E-state index in [0.717, 1.165) is 17.2 Å². The van der Waals surface area contributed by atoms with Gasteiger partial charge in [-0.25, -0.2) is 18.6 Å². The van der Waals surface area contributed by atoms with Crippen LogP contribution < -0.4 is 20.3 Å². The van der Waals surface area contributed by atoms with Crippen molar-refractivity contribution in [3.05, 3.63) is 39.1 Å². The molecule has 0 unspecified atom stereocenters. The van der Waals surface area contributed by atoms with Gasteiger partial charge in [0.1, 0.15) is 11.6 Å². The van der Waals surface area contributed by atoms with Gasteiger partial charge in [-0.3, -0.25) is 4.90 Å². The normalized spacial score (nSPS) is 18.2. The molecule has 0 saturated carbocycles. The van der Waals surface area contributed by atoms with Crippen molar-refractivity contribution in [3.63, 3.8) is 0 Å². The van der Waals surface area contributed by atoms with Crippen molar-refractivity contribution in [2.24, 2.45) is 0 Å². The van der Waals surface area contributed by atoms with E-state index >= 15 is 0 Å². The summed E-state index contributed by atoms with van der Waals surface area (Å²) in [6.07, 6.45) is -4.71. The Hall–Kier alpha value is -2.49. The summed E-state index contributed by atoms with van der Waals surface area (Å²) in [4.78, 5) is 20.9. The topological polar surface area (TPSA) is 99.6 Å². The van der Waals surface area contributed by atoms with Crippen molar-refractivity contribution < 1.29 is 36.6 Å². The Morgan fingerprint density at radius 1 is 1.33 bits per heavy atom. The van der Waals surface area contributed by atoms with Crippen LogP contribution in [-0.4, -0.2) is 52.6 Å². The Morgan fingerprint density at radius 3 is 2.67 bits per heavy atom. The molecular weight excluding hydrogens is 568 g/mol. The number of amides is 2. The molecule has 3 atom stereocenters. The van der Waals surface area contributed by atoms with Crippen molar-refractivity contribution >= 4 is 40.4 Å². The lowest BCUT2D eigenvalue weighted by Gasteiger charge is -2.25. The number of aliphatic hydroxyl groups excluding tert-OH is 1. The van der Waals surface area contributed by atoms with E-state index in [1.54, 1.807) is 22.6 Å². The van der Waals surface area contributed by atoms with E-state index in [1.807, 2.05) is 0 Å². The molecule has 1 saturated heterocycles. The number of urea groups is 1. The lowest BCUT2D eigenvalue weighted by molar-refractivity contribution is -0.153. The van der Waals surface area contributed by atoms with Crippen LogP contribution in [0.2, 0.25) is 0 Å². The number of rotatable bonds is 7. The highest BCUT2D eigenvalue weighted by Gasteiger charge is 2.38. The quantitative estimate of drug-likeness (QED) is 0.337. The third kappa shape index (κ3) is 5.90. The van der Waals surface area contributed by atoms with Crippen LogP contribution in [0, 0.1) is 15.2 Å². The van der Waals surface area contributed by atoms with Gasteiger partial charge in [0.15, 0.2) is 18.2 Å². The van der Waals surface area contributed by atoms with Crippen molar-refractivity contribution in [1.82, 2.24) is 15.3 Å². The van der Waals surface area contributed by atoms with Crippen LogP contribution in [0.15, 0.2) is 18.3 Å². The second-order valence-electron chi connectivity index (χ2n) is 7.30. The molecule has 1 aromatic carbocycles. The molecule has 1 aliphatic rings. The second kappa shape index (κ2) is 9.79. The maximum absolute atomic E-state index is 14.6. The molecule has 0 spiro atoms. The van der Waals surface area contributed by atoms with E-state index in [4.69, 9.17) is 0 Å². The van der Waals surface area contributed by atoms with Crippen molar-refractivity contribution in [2.75, 3.05) is 23.4 Å². The van der Waals surface area contributed by atoms with E-state index in [1.165, 1.54) is 19.9 Å². The predicted octanol–water partition coefficient (Wildman–Crippen LogP) is 3.75. The van der Waals surface area contributed by atoms with Gasteiger partial charge < -0.3 is 20.5 Å². The summed E-state index contributed by atoms with van der Waals surface area (Å²) in [7, 11) is 0. The summed E-state index contributed by atoms with van der Waals surface area (Å²) in [6, 6.07) is -0.0302. The zero-order valence-corrected chi connectivity index (χ0v) is 19.4. The number of aromatic nitrogens is 2. The smallest absolute Gasteiger partial charge is 0.422 e. The highest BCUT2D eigenvalue weighted by Crippen LogP contribution is 2.31. The van der Waals surface area contributed by atoms with Crippen LogP contribution in [-0.2, 0) is 0 Å². The molecule has 1 aromatic heterocycles. The fourth-order valence-corrected chi connectivity index (χ4v) is 3.82. The predicted molar refractivity (Wildman–Crippen MR) is 116 cm³/mol. The average Bonchev–Trinajstić information content (AvgIpc) is 3.10. The molecule has 0 aliphatic carbocycles. The number of benzene rings is 1. The number of nitrogens with one attached hydrogen (secondary N) is 2. The molecule has 33 heavy (non-hydrogen) atoms. The van der Waals surface area contributed by atoms with Gasteiger partial charge >= 0.3 is 12.2 Å². The molecule has 8 nitrogen and oxygen atoms in total. The highest BCUT2D eigenvalue weighted by molar-refractivity contribution is 14.1. The summed E-state index contributed by atoms with van der Waals surface area (Å²) in [5.74, 6) is -2.49. The number of ether oxygens (including phenoxy) is 1. The molecule has 1 aliphatic heterocycles. The molecule has 14 heteroatoms. The van der Waals surface area contributed by atoms with E-state index in [-0.39, 0.29) is 33.2 Å². The zero-order valence-electron chi connectivity index (χ0n) is 17.3. The van der Waals surface area contributed by atoms with Crippen LogP contribution >= 0.6 is 22.6 Å². The van der Waals surface area contributed by atoms with E-state index in [2.05, 4.69) is 25.3 Å². The summed E-state index contributed by atoms with van der Waals surface area (Å²) < 4.78 is 71.0. The average molecular weight is 587 g/mol. The fraction of sp³-hybridized carbons (Fsp3) is 0.421. The molecule has 2 aromatic rings. The van der Waals surface area contributed by atoms with Gasteiger partial charge in [-0.05, 0) is 42.5 Å². The van der Waals surface area contributed by atoms with Gasteiger partial charge in [-0.1, -0.05) is 0 Å². The first-order chi connectivity index (χ1) is 15.4. The van der Waals surface area contributed by atoms with Crippen LogP contribution in [0.25, 0.3) is 0 Å². The van der Waals surface area contributed by atoms with Gasteiger partial charge in [-0.15, -0.1) is 0 Å². The molecule has 180 valence electrons. The Balaban J connectivity index is 1.82. The molecule has 1 fully saturated rings. The Labute approximate surface area is 198 Å². The lowest BCUT2D eigenvalue weighted by atomic mass is 10.1. The van der Waals surface area contributed by atoms with Crippen molar-refractivity contribution in [2.45, 2.75) is 38.2 Å². The third-order valence-electron chi connectivity index (χ3n) is 4.78. The Bertz CT molecular complexity index is 1040. The Kier molecular flexibility index (Phi) is 7.45. The molecule has 2 heterocycles. The summed E-state index contributed by atoms with van der Waals surface area (Å²) in [5, 5.41) is 15.2. The van der Waals surface area contributed by atoms with Crippen LogP contribution in [0.4, 0.5) is 38.5 Å². The van der Waals surface area contributed by atoms with Gasteiger partial charge in [0.05, 0.1) is 28.0 Å². The first-order valence-corrected chi connectivity index (χ1v) is 10.7. The fourth-order valence-electron chi connectivity index (χ4n) is 3.17. The summed E-state index contributed by atoms with van der Waals surface area (Å²) >= 11 is 1.72. The molecule has 0 bridgehead atoms. The van der Waals surface area contributed by atoms with Gasteiger partial charge in [0.2, 0.25) is 5.95 Å². The van der Waals surface area contributed by atoms with Crippen molar-refractivity contribution in [3.8, 4) is 5.75 Å². The van der Waals surface area contributed by atoms with Gasteiger partial charge in [-0.2, -0.15) is 18.2 Å². The molecular formula is C19H19F5IN5O3. The number of halogens is 6. The molecule has 3 rings (SSSR count). The minimum Gasteiger partial charge on any atom is -0.483 e. The van der Waals surface area contributed by atoms with E-state index in [9.17, 15) is 31.9 Å². The molecule has 2 amide bonds. The number of carbonyl (C=O) groups excluding carboxylic acids is 1. The molecule has 3 N–H and O–H groups in total. The second-order valence-corrected chi connectivity index (χ2v) is 8.47. The number of carbonyl (C=O) groups is 1. The van der Waals surface area contributed by atoms with Crippen LogP contribution in [0.3, 0.4) is 0 Å². The van der Waals surface area contributed by atoms with E-state index < -0.39 is 48.6 Å². The molecule has 0 radical (unpaired) electrons. The largest absolute Gasteiger partial charge is 0.483 e. The SMILES string of the molecule is C[C@H](Nc1ncc(F)c(N2C(=O)NC[C@@H]2[C@@H](C)O)n1)c1cc(I)c(OCC(F)(F)F)cc1F. The number of hydrogen-bond donors (Lipinski definition) is 3. The number of hydrogen-bond acceptors (Lipinski definition) is 6. The van der Waals surface area contributed by atoms with Crippen LogP contribution in [0.1, 0.15) is 25.5 Å². The maximum atomic E-state index is 14.6. The Morgan fingerprint density at radius 2 is 2.03 bits per heavy atom. The minimum atomic E-state index is -4.57. The third-order valence-corrected chi connectivity index (χ3v) is 5.62.